The number of hydrogen-bond acceptors (Lipinski definition) is 3. The molecule has 0 aliphatic carbocycles. The molecular formula is C8H3ClF3N3. The highest BCUT2D eigenvalue weighted by Gasteiger charge is 2.36. The van der Waals surface area contributed by atoms with Crippen molar-refractivity contribution in [1.82, 2.24) is 15.0 Å². The van der Waals surface area contributed by atoms with Gasteiger partial charge in [-0.15, -0.1) is 0 Å². The van der Waals surface area contributed by atoms with Crippen molar-refractivity contribution in [2.24, 2.45) is 0 Å². The highest BCUT2D eigenvalue weighted by molar-refractivity contribution is 6.30. The van der Waals surface area contributed by atoms with E-state index in [4.69, 9.17) is 11.6 Å². The lowest BCUT2D eigenvalue weighted by molar-refractivity contribution is -0.141. The Morgan fingerprint density at radius 1 is 1.20 bits per heavy atom. The number of pyridine rings is 1. The van der Waals surface area contributed by atoms with Crippen LogP contribution in [0.1, 0.15) is 5.69 Å². The second-order valence-corrected chi connectivity index (χ2v) is 3.06. The molecule has 2 rings (SSSR count). The molecule has 0 saturated heterocycles. The van der Waals surface area contributed by atoms with Crippen molar-refractivity contribution in [1.29, 1.82) is 0 Å². The van der Waals surface area contributed by atoms with Crippen LogP contribution in [0.5, 0.6) is 0 Å². The molecule has 0 N–H and O–H groups in total. The van der Waals surface area contributed by atoms with Gasteiger partial charge in [-0.3, -0.25) is 0 Å². The summed E-state index contributed by atoms with van der Waals surface area (Å²) in [6, 6.07) is 3.03. The van der Waals surface area contributed by atoms with Gasteiger partial charge in [0.2, 0.25) is 0 Å². The number of rotatable bonds is 0. The lowest BCUT2D eigenvalue weighted by Crippen LogP contribution is -2.10. The Morgan fingerprint density at radius 3 is 2.60 bits per heavy atom. The summed E-state index contributed by atoms with van der Waals surface area (Å²) in [5, 5.41) is -0.664. The van der Waals surface area contributed by atoms with E-state index in [1.54, 1.807) is 6.07 Å². The summed E-state index contributed by atoms with van der Waals surface area (Å²) in [6.07, 6.45) is -3.28. The van der Waals surface area contributed by atoms with E-state index in [1.807, 2.05) is 0 Å². The Bertz CT molecular complexity index is 512. The molecule has 0 fully saturated rings. The van der Waals surface area contributed by atoms with Gasteiger partial charge >= 0.3 is 6.18 Å². The highest BCUT2D eigenvalue weighted by atomic mass is 35.5. The fourth-order valence-corrected chi connectivity index (χ4v) is 1.29. The fourth-order valence-electron chi connectivity index (χ4n) is 1.05. The van der Waals surface area contributed by atoms with Gasteiger partial charge in [-0.1, -0.05) is 11.6 Å². The van der Waals surface area contributed by atoms with E-state index in [9.17, 15) is 13.2 Å². The van der Waals surface area contributed by atoms with Crippen LogP contribution in [0.4, 0.5) is 13.2 Å². The third-order valence-electron chi connectivity index (χ3n) is 1.67. The van der Waals surface area contributed by atoms with Crippen molar-refractivity contribution in [3.05, 3.63) is 29.2 Å². The predicted octanol–water partition coefficient (Wildman–Crippen LogP) is 2.70. The van der Waals surface area contributed by atoms with Crippen molar-refractivity contribution in [2.75, 3.05) is 0 Å². The van der Waals surface area contributed by atoms with Crippen LogP contribution in [-0.2, 0) is 6.18 Å². The molecule has 7 heteroatoms. The smallest absolute Gasteiger partial charge is 0.235 e. The molecule has 15 heavy (non-hydrogen) atoms. The summed E-state index contributed by atoms with van der Waals surface area (Å²) in [5.41, 5.74) is -1.06. The SMILES string of the molecule is FC(F)(F)c1nc2ncccc2nc1Cl. The first-order valence-corrected chi connectivity index (χ1v) is 4.22. The van der Waals surface area contributed by atoms with Gasteiger partial charge < -0.3 is 0 Å². The van der Waals surface area contributed by atoms with Crippen LogP contribution >= 0.6 is 11.6 Å². The third-order valence-corrected chi connectivity index (χ3v) is 1.93. The molecule has 0 aromatic carbocycles. The quantitative estimate of drug-likeness (QED) is 0.702. The monoisotopic (exact) mass is 233 g/mol. The summed E-state index contributed by atoms with van der Waals surface area (Å²) in [5.74, 6) is 0. The molecule has 3 nitrogen and oxygen atoms in total. The summed E-state index contributed by atoms with van der Waals surface area (Å²) in [4.78, 5) is 10.5. The lowest BCUT2D eigenvalue weighted by atomic mass is 10.4. The molecule has 0 aliphatic rings. The number of hydrogen-bond donors (Lipinski definition) is 0. The van der Waals surface area contributed by atoms with Gasteiger partial charge in [-0.05, 0) is 12.1 Å². The van der Waals surface area contributed by atoms with Gasteiger partial charge in [-0.25, -0.2) is 15.0 Å². The molecule has 0 radical (unpaired) electrons. The maximum atomic E-state index is 12.4. The van der Waals surface area contributed by atoms with Crippen molar-refractivity contribution < 1.29 is 13.2 Å². The van der Waals surface area contributed by atoms with E-state index >= 15 is 0 Å². The van der Waals surface area contributed by atoms with Crippen molar-refractivity contribution in [2.45, 2.75) is 6.18 Å². The summed E-state index contributed by atoms with van der Waals surface area (Å²) >= 11 is 5.37. The Labute approximate surface area is 86.9 Å². The van der Waals surface area contributed by atoms with Gasteiger partial charge in [0.1, 0.15) is 5.52 Å². The van der Waals surface area contributed by atoms with E-state index in [0.717, 1.165) is 0 Å². The van der Waals surface area contributed by atoms with E-state index in [1.165, 1.54) is 12.3 Å². The Hall–Kier alpha value is -1.43. The molecule has 0 spiro atoms. The van der Waals surface area contributed by atoms with Gasteiger partial charge in [0.15, 0.2) is 16.5 Å². The zero-order valence-corrected chi connectivity index (χ0v) is 7.84. The Morgan fingerprint density at radius 2 is 1.93 bits per heavy atom. The Balaban J connectivity index is 2.73. The van der Waals surface area contributed by atoms with E-state index < -0.39 is 17.0 Å². The van der Waals surface area contributed by atoms with Gasteiger partial charge in [0.05, 0.1) is 0 Å². The van der Waals surface area contributed by atoms with Crippen molar-refractivity contribution in [3.8, 4) is 0 Å². The molecule has 2 aromatic rings. The standard InChI is InChI=1S/C8H3ClF3N3/c9-6-5(8(10,11)12)15-7-4(14-6)2-1-3-13-7/h1-3H. The lowest BCUT2D eigenvalue weighted by Gasteiger charge is -2.07. The normalized spacial score (nSPS) is 12.0. The molecule has 2 aromatic heterocycles. The molecule has 78 valence electrons. The first-order valence-electron chi connectivity index (χ1n) is 3.84. The number of halogens is 4. The maximum Gasteiger partial charge on any atom is 0.436 e. The first-order chi connectivity index (χ1) is 6.98. The molecule has 2 heterocycles. The zero-order valence-electron chi connectivity index (χ0n) is 7.09. The summed E-state index contributed by atoms with van der Waals surface area (Å²) in [6.45, 7) is 0. The average Bonchev–Trinajstić information content (AvgIpc) is 2.15. The minimum Gasteiger partial charge on any atom is -0.235 e. The minimum absolute atomic E-state index is 0.0748. The molecular weight excluding hydrogens is 231 g/mol. The third kappa shape index (κ3) is 1.85. The number of nitrogens with zero attached hydrogens (tertiary/aromatic N) is 3. The number of alkyl halides is 3. The van der Waals surface area contributed by atoms with Crippen LogP contribution in [-0.4, -0.2) is 15.0 Å². The molecule has 0 unspecified atom stereocenters. The topological polar surface area (TPSA) is 38.7 Å². The second-order valence-electron chi connectivity index (χ2n) is 2.71. The first kappa shape index (κ1) is 10.1. The van der Waals surface area contributed by atoms with Crippen LogP contribution in [0.25, 0.3) is 11.2 Å². The largest absolute Gasteiger partial charge is 0.436 e. The maximum absolute atomic E-state index is 12.4. The van der Waals surface area contributed by atoms with Gasteiger partial charge in [-0.2, -0.15) is 13.2 Å². The second kappa shape index (κ2) is 3.30. The van der Waals surface area contributed by atoms with Crippen LogP contribution in [0, 0.1) is 0 Å². The fraction of sp³-hybridized carbons (Fsp3) is 0.125. The van der Waals surface area contributed by atoms with Crippen molar-refractivity contribution >= 4 is 22.8 Å². The molecule has 0 bridgehead atoms. The van der Waals surface area contributed by atoms with Crippen LogP contribution in [0.2, 0.25) is 5.15 Å². The van der Waals surface area contributed by atoms with Gasteiger partial charge in [0.25, 0.3) is 0 Å². The summed E-state index contributed by atoms with van der Waals surface area (Å²) < 4.78 is 37.1. The molecule has 0 amide bonds. The van der Waals surface area contributed by atoms with Crippen LogP contribution in [0.15, 0.2) is 18.3 Å². The van der Waals surface area contributed by atoms with Crippen molar-refractivity contribution in [3.63, 3.8) is 0 Å². The molecule has 0 saturated carbocycles. The predicted molar refractivity (Wildman–Crippen MR) is 47.3 cm³/mol. The average molecular weight is 234 g/mol. The molecule has 0 aliphatic heterocycles. The zero-order chi connectivity index (χ0) is 11.1. The highest BCUT2D eigenvalue weighted by Crippen LogP contribution is 2.32. The van der Waals surface area contributed by atoms with E-state index in [-0.39, 0.29) is 11.2 Å². The van der Waals surface area contributed by atoms with Crippen LogP contribution in [0.3, 0.4) is 0 Å². The minimum atomic E-state index is -4.62. The molecule has 0 atom stereocenters. The Kier molecular flexibility index (Phi) is 2.22. The van der Waals surface area contributed by atoms with Gasteiger partial charge in [0, 0.05) is 6.20 Å². The number of fused-ring (bicyclic) bond motifs is 1. The summed E-state index contributed by atoms with van der Waals surface area (Å²) in [7, 11) is 0. The van der Waals surface area contributed by atoms with E-state index in [0.29, 0.717) is 0 Å². The van der Waals surface area contributed by atoms with Crippen LogP contribution < -0.4 is 0 Å². The van der Waals surface area contributed by atoms with E-state index in [2.05, 4.69) is 15.0 Å². The number of aromatic nitrogens is 3.